The lowest BCUT2D eigenvalue weighted by atomic mass is 9.70. The molecule has 3 nitrogen and oxygen atoms in total. The van der Waals surface area contributed by atoms with Crippen molar-refractivity contribution in [3.05, 3.63) is 0 Å². The van der Waals surface area contributed by atoms with Gasteiger partial charge in [0.2, 0.25) is 5.91 Å². The van der Waals surface area contributed by atoms with E-state index < -0.39 is 0 Å². The van der Waals surface area contributed by atoms with E-state index >= 15 is 0 Å². The minimum Gasteiger partial charge on any atom is -0.342 e. The Hall–Kier alpha value is -0.570. The molecule has 0 saturated heterocycles. The van der Waals surface area contributed by atoms with Crippen molar-refractivity contribution in [1.29, 1.82) is 0 Å². The zero-order valence-electron chi connectivity index (χ0n) is 12.1. The van der Waals surface area contributed by atoms with Gasteiger partial charge < -0.3 is 10.6 Å². The number of hydrogen-bond donors (Lipinski definition) is 1. The van der Waals surface area contributed by atoms with Crippen molar-refractivity contribution < 1.29 is 4.79 Å². The third-order valence-corrected chi connectivity index (χ3v) is 5.31. The fourth-order valence-corrected chi connectivity index (χ4v) is 3.27. The first kappa shape index (κ1) is 13.9. The molecule has 0 spiro atoms. The molecule has 0 radical (unpaired) electrons. The predicted octanol–water partition coefficient (Wildman–Crippen LogP) is 2.40. The number of nitrogens with zero attached hydrogens (tertiary/aromatic N) is 1. The average Bonchev–Trinajstić information content (AvgIpc) is 3.22. The molecule has 104 valence electrons. The Kier molecular flexibility index (Phi) is 4.00. The summed E-state index contributed by atoms with van der Waals surface area (Å²) in [7, 11) is 1.97. The molecule has 0 aliphatic heterocycles. The van der Waals surface area contributed by atoms with Gasteiger partial charge in [-0.15, -0.1) is 0 Å². The van der Waals surface area contributed by atoms with Gasteiger partial charge in [0.25, 0.3) is 0 Å². The molecular formula is C15H28N2O. The SMILES string of the molecule is CC1CCC(CN)(C(=O)N(C)C(C)C2CC2)CC1. The van der Waals surface area contributed by atoms with Gasteiger partial charge in [0.15, 0.2) is 0 Å². The molecule has 3 heteroatoms. The van der Waals surface area contributed by atoms with Crippen LogP contribution in [0.25, 0.3) is 0 Å². The van der Waals surface area contributed by atoms with E-state index in [9.17, 15) is 4.79 Å². The van der Waals surface area contributed by atoms with E-state index in [2.05, 4.69) is 13.8 Å². The number of amides is 1. The highest BCUT2D eigenvalue weighted by molar-refractivity contribution is 5.83. The first-order chi connectivity index (χ1) is 8.50. The summed E-state index contributed by atoms with van der Waals surface area (Å²) in [5.74, 6) is 1.79. The Labute approximate surface area is 111 Å². The van der Waals surface area contributed by atoms with Crippen molar-refractivity contribution >= 4 is 5.91 Å². The van der Waals surface area contributed by atoms with Crippen LogP contribution in [0.1, 0.15) is 52.4 Å². The van der Waals surface area contributed by atoms with Gasteiger partial charge in [0, 0.05) is 19.6 Å². The Morgan fingerprint density at radius 3 is 2.33 bits per heavy atom. The van der Waals surface area contributed by atoms with E-state index in [-0.39, 0.29) is 5.41 Å². The average molecular weight is 252 g/mol. The summed E-state index contributed by atoms with van der Waals surface area (Å²) in [5, 5.41) is 0. The maximum absolute atomic E-state index is 12.8. The quantitative estimate of drug-likeness (QED) is 0.835. The van der Waals surface area contributed by atoms with Crippen LogP contribution in [0, 0.1) is 17.3 Å². The Morgan fingerprint density at radius 2 is 1.89 bits per heavy atom. The van der Waals surface area contributed by atoms with Gasteiger partial charge in [-0.25, -0.2) is 0 Å². The second-order valence-electron chi connectivity index (χ2n) is 6.66. The van der Waals surface area contributed by atoms with Crippen LogP contribution in [-0.4, -0.2) is 30.4 Å². The first-order valence-electron chi connectivity index (χ1n) is 7.47. The summed E-state index contributed by atoms with van der Waals surface area (Å²) in [5.41, 5.74) is 5.71. The zero-order valence-corrected chi connectivity index (χ0v) is 12.1. The predicted molar refractivity (Wildman–Crippen MR) is 74.1 cm³/mol. The fourth-order valence-electron chi connectivity index (χ4n) is 3.27. The molecule has 0 aromatic heterocycles. The van der Waals surface area contributed by atoms with Crippen LogP contribution in [0.3, 0.4) is 0 Å². The summed E-state index contributed by atoms with van der Waals surface area (Å²) in [6, 6.07) is 0.389. The lowest BCUT2D eigenvalue weighted by Gasteiger charge is -2.41. The summed E-state index contributed by atoms with van der Waals surface area (Å²) in [4.78, 5) is 14.8. The van der Waals surface area contributed by atoms with Gasteiger partial charge in [0.05, 0.1) is 5.41 Å². The highest BCUT2D eigenvalue weighted by atomic mass is 16.2. The Morgan fingerprint density at radius 1 is 1.33 bits per heavy atom. The monoisotopic (exact) mass is 252 g/mol. The molecular weight excluding hydrogens is 224 g/mol. The van der Waals surface area contributed by atoms with Crippen molar-refractivity contribution in [2.24, 2.45) is 23.0 Å². The number of rotatable bonds is 4. The van der Waals surface area contributed by atoms with Crippen LogP contribution in [0.4, 0.5) is 0 Å². The summed E-state index contributed by atoms with van der Waals surface area (Å²) >= 11 is 0. The zero-order chi connectivity index (χ0) is 13.3. The molecule has 0 aromatic carbocycles. The molecule has 2 aliphatic carbocycles. The molecule has 1 atom stereocenters. The Balaban J connectivity index is 2.04. The topological polar surface area (TPSA) is 46.3 Å². The summed E-state index contributed by atoms with van der Waals surface area (Å²) in [6.07, 6.45) is 6.82. The molecule has 0 heterocycles. The van der Waals surface area contributed by atoms with E-state index in [4.69, 9.17) is 5.73 Å². The van der Waals surface area contributed by atoms with Crippen LogP contribution in [0.15, 0.2) is 0 Å². The lowest BCUT2D eigenvalue weighted by Crippen LogP contribution is -2.51. The molecule has 18 heavy (non-hydrogen) atoms. The fraction of sp³-hybridized carbons (Fsp3) is 0.933. The van der Waals surface area contributed by atoms with E-state index in [1.807, 2.05) is 11.9 Å². The number of nitrogens with two attached hydrogens (primary N) is 1. The maximum atomic E-state index is 12.8. The van der Waals surface area contributed by atoms with E-state index in [0.717, 1.165) is 37.5 Å². The van der Waals surface area contributed by atoms with Gasteiger partial charge >= 0.3 is 0 Å². The third-order valence-electron chi connectivity index (χ3n) is 5.31. The summed E-state index contributed by atoms with van der Waals surface area (Å²) < 4.78 is 0. The minimum absolute atomic E-state index is 0.260. The van der Waals surface area contributed by atoms with Crippen LogP contribution >= 0.6 is 0 Å². The van der Waals surface area contributed by atoms with Crippen LogP contribution in [0.5, 0.6) is 0 Å². The van der Waals surface area contributed by atoms with Crippen LogP contribution < -0.4 is 5.73 Å². The van der Waals surface area contributed by atoms with E-state index in [1.165, 1.54) is 12.8 Å². The van der Waals surface area contributed by atoms with E-state index in [0.29, 0.717) is 18.5 Å². The summed E-state index contributed by atoms with van der Waals surface area (Å²) in [6.45, 7) is 4.98. The van der Waals surface area contributed by atoms with Crippen molar-refractivity contribution in [3.8, 4) is 0 Å². The molecule has 2 N–H and O–H groups in total. The second kappa shape index (κ2) is 5.20. The van der Waals surface area contributed by atoms with Crippen molar-refractivity contribution in [1.82, 2.24) is 4.90 Å². The van der Waals surface area contributed by atoms with Gasteiger partial charge in [0.1, 0.15) is 0 Å². The number of carbonyl (C=O) groups excluding carboxylic acids is 1. The standard InChI is InChI=1S/C15H28N2O/c1-11-6-8-15(10-16,9-7-11)14(18)17(3)12(2)13-4-5-13/h11-13H,4-10,16H2,1-3H3. The molecule has 2 aliphatic rings. The van der Waals surface area contributed by atoms with Gasteiger partial charge in [-0.05, 0) is 57.3 Å². The molecule has 1 amide bonds. The second-order valence-corrected chi connectivity index (χ2v) is 6.66. The normalized spacial score (nSPS) is 34.1. The molecule has 0 bridgehead atoms. The van der Waals surface area contributed by atoms with Gasteiger partial charge in [-0.1, -0.05) is 6.92 Å². The Bertz CT molecular complexity index is 304. The molecule has 0 aromatic rings. The van der Waals surface area contributed by atoms with Crippen LogP contribution in [-0.2, 0) is 4.79 Å². The van der Waals surface area contributed by atoms with E-state index in [1.54, 1.807) is 0 Å². The highest BCUT2D eigenvalue weighted by Gasteiger charge is 2.44. The van der Waals surface area contributed by atoms with Crippen molar-refractivity contribution in [2.45, 2.75) is 58.4 Å². The van der Waals surface area contributed by atoms with Gasteiger partial charge in [-0.3, -0.25) is 4.79 Å². The largest absolute Gasteiger partial charge is 0.342 e. The van der Waals surface area contributed by atoms with Crippen molar-refractivity contribution in [2.75, 3.05) is 13.6 Å². The number of carbonyl (C=O) groups is 1. The molecule has 2 saturated carbocycles. The third kappa shape index (κ3) is 2.56. The minimum atomic E-state index is -0.260. The highest BCUT2D eigenvalue weighted by Crippen LogP contribution is 2.41. The lowest BCUT2D eigenvalue weighted by molar-refractivity contribution is -0.145. The maximum Gasteiger partial charge on any atom is 0.230 e. The number of hydrogen-bond acceptors (Lipinski definition) is 2. The smallest absolute Gasteiger partial charge is 0.230 e. The first-order valence-corrected chi connectivity index (χ1v) is 7.47. The molecule has 2 rings (SSSR count). The molecule has 1 unspecified atom stereocenters. The van der Waals surface area contributed by atoms with Crippen LogP contribution in [0.2, 0.25) is 0 Å². The van der Waals surface area contributed by atoms with Gasteiger partial charge in [-0.2, -0.15) is 0 Å². The van der Waals surface area contributed by atoms with Crippen molar-refractivity contribution in [3.63, 3.8) is 0 Å². The molecule has 2 fully saturated rings.